The zero-order valence-corrected chi connectivity index (χ0v) is 10.5. The van der Waals surface area contributed by atoms with Gasteiger partial charge in [-0.3, -0.25) is 0 Å². The third-order valence-corrected chi connectivity index (χ3v) is 2.40. The van der Waals surface area contributed by atoms with E-state index >= 15 is 0 Å². The van der Waals surface area contributed by atoms with Crippen LogP contribution in [-0.4, -0.2) is 33.4 Å². The van der Waals surface area contributed by atoms with Crippen molar-refractivity contribution in [2.24, 2.45) is 0 Å². The van der Waals surface area contributed by atoms with E-state index in [1.54, 1.807) is 7.11 Å². The number of methoxy groups -OCH3 is 1. The van der Waals surface area contributed by atoms with Gasteiger partial charge in [0.1, 0.15) is 12.4 Å². The van der Waals surface area contributed by atoms with Crippen molar-refractivity contribution in [3.8, 4) is 5.75 Å². The minimum Gasteiger partial charge on any atom is -0.492 e. The molecule has 1 rings (SSSR count). The molecule has 1 aromatic carbocycles. The fourth-order valence-corrected chi connectivity index (χ4v) is 1.42. The van der Waals surface area contributed by atoms with Crippen LogP contribution < -0.4 is 10.1 Å². The normalized spacial score (nSPS) is 10.4. The highest BCUT2D eigenvalue weighted by atomic mass is 35.5. The van der Waals surface area contributed by atoms with Crippen molar-refractivity contribution in [3.63, 3.8) is 0 Å². The van der Waals surface area contributed by atoms with Crippen LogP contribution in [0.25, 0.3) is 0 Å². The maximum absolute atomic E-state index is 5.89. The van der Waals surface area contributed by atoms with Crippen LogP contribution in [0.5, 0.6) is 5.75 Å². The van der Waals surface area contributed by atoms with E-state index in [-0.39, 0.29) is 0 Å². The van der Waals surface area contributed by atoms with Gasteiger partial charge in [0.05, 0.1) is 6.61 Å². The van der Waals surface area contributed by atoms with Crippen LogP contribution in [-0.2, 0) is 4.74 Å². The van der Waals surface area contributed by atoms with Gasteiger partial charge in [-0.05, 0) is 24.6 Å². The highest BCUT2D eigenvalue weighted by molar-refractivity contribution is 6.30. The molecule has 4 heteroatoms. The number of halogens is 1. The Kier molecular flexibility index (Phi) is 6.23. The topological polar surface area (TPSA) is 30.5 Å². The first kappa shape index (κ1) is 13.3. The molecule has 0 atom stereocenters. The van der Waals surface area contributed by atoms with Gasteiger partial charge in [0.2, 0.25) is 0 Å². The van der Waals surface area contributed by atoms with Gasteiger partial charge in [0.25, 0.3) is 0 Å². The smallest absolute Gasteiger partial charge is 0.123 e. The van der Waals surface area contributed by atoms with E-state index in [4.69, 9.17) is 21.1 Å². The number of rotatable bonds is 7. The molecule has 3 nitrogen and oxygen atoms in total. The number of ether oxygens (including phenoxy) is 2. The first-order valence-corrected chi connectivity index (χ1v) is 5.70. The maximum atomic E-state index is 5.89. The maximum Gasteiger partial charge on any atom is 0.123 e. The Balaban J connectivity index is 2.23. The van der Waals surface area contributed by atoms with Crippen molar-refractivity contribution in [2.75, 3.05) is 33.4 Å². The second-order valence-electron chi connectivity index (χ2n) is 3.50. The lowest BCUT2D eigenvalue weighted by molar-refractivity contribution is 0.196. The van der Waals surface area contributed by atoms with Crippen molar-refractivity contribution >= 4 is 11.6 Å². The predicted octanol–water partition coefficient (Wildman–Crippen LogP) is 2.26. The minimum absolute atomic E-state index is 0.630. The second kappa shape index (κ2) is 7.49. The molecule has 0 fully saturated rings. The Morgan fingerprint density at radius 2 is 2.00 bits per heavy atom. The van der Waals surface area contributed by atoms with Gasteiger partial charge in [-0.2, -0.15) is 0 Å². The lowest BCUT2D eigenvalue weighted by Gasteiger charge is -2.10. The van der Waals surface area contributed by atoms with E-state index in [1.165, 1.54) is 0 Å². The minimum atomic E-state index is 0.630. The molecule has 1 N–H and O–H groups in total. The standard InChI is InChI=1S/C12H18ClNO2/c1-10-3-4-11(13)9-12(10)16-8-6-14-5-7-15-2/h3-4,9,14H,5-8H2,1-2H3. The molecule has 0 aliphatic rings. The summed E-state index contributed by atoms with van der Waals surface area (Å²) < 4.78 is 10.5. The number of nitrogens with one attached hydrogen (secondary N) is 1. The average molecular weight is 244 g/mol. The van der Waals surface area contributed by atoms with Gasteiger partial charge in [-0.1, -0.05) is 17.7 Å². The largest absolute Gasteiger partial charge is 0.492 e. The Morgan fingerprint density at radius 3 is 2.75 bits per heavy atom. The van der Waals surface area contributed by atoms with Crippen LogP contribution in [0.15, 0.2) is 18.2 Å². The Bertz CT molecular complexity index is 318. The molecule has 0 saturated heterocycles. The lowest BCUT2D eigenvalue weighted by atomic mass is 10.2. The summed E-state index contributed by atoms with van der Waals surface area (Å²) >= 11 is 5.89. The predicted molar refractivity (Wildman–Crippen MR) is 66.4 cm³/mol. The molecule has 0 unspecified atom stereocenters. The van der Waals surface area contributed by atoms with Crippen LogP contribution in [0, 0.1) is 6.92 Å². The molecule has 0 saturated carbocycles. The molecule has 0 spiro atoms. The first-order valence-electron chi connectivity index (χ1n) is 5.32. The number of benzene rings is 1. The Morgan fingerprint density at radius 1 is 1.25 bits per heavy atom. The molecular weight excluding hydrogens is 226 g/mol. The summed E-state index contributed by atoms with van der Waals surface area (Å²) in [7, 11) is 1.69. The fourth-order valence-electron chi connectivity index (χ4n) is 1.26. The van der Waals surface area contributed by atoms with Gasteiger partial charge in [-0.25, -0.2) is 0 Å². The summed E-state index contributed by atoms with van der Waals surface area (Å²) in [5.74, 6) is 0.848. The molecule has 0 aromatic heterocycles. The fraction of sp³-hybridized carbons (Fsp3) is 0.500. The first-order chi connectivity index (χ1) is 7.74. The molecule has 1 aromatic rings. The van der Waals surface area contributed by atoms with Gasteiger partial charge in [-0.15, -0.1) is 0 Å². The van der Waals surface area contributed by atoms with Gasteiger partial charge in [0.15, 0.2) is 0 Å². The van der Waals surface area contributed by atoms with E-state index in [2.05, 4.69) is 5.32 Å². The van der Waals surface area contributed by atoms with E-state index in [0.717, 1.165) is 31.0 Å². The number of aryl methyl sites for hydroxylation is 1. The van der Waals surface area contributed by atoms with Crippen molar-refractivity contribution in [1.82, 2.24) is 5.32 Å². The van der Waals surface area contributed by atoms with Crippen molar-refractivity contribution in [1.29, 1.82) is 0 Å². The van der Waals surface area contributed by atoms with Gasteiger partial charge < -0.3 is 14.8 Å². The Hall–Kier alpha value is -0.770. The summed E-state index contributed by atoms with van der Waals surface area (Å²) in [5, 5.41) is 3.91. The van der Waals surface area contributed by atoms with Gasteiger partial charge >= 0.3 is 0 Å². The molecule has 0 aliphatic heterocycles. The third-order valence-electron chi connectivity index (χ3n) is 2.17. The van der Waals surface area contributed by atoms with E-state index in [0.29, 0.717) is 11.6 Å². The highest BCUT2D eigenvalue weighted by Gasteiger charge is 1.99. The van der Waals surface area contributed by atoms with Crippen LogP contribution in [0.1, 0.15) is 5.56 Å². The van der Waals surface area contributed by atoms with Crippen LogP contribution in [0.2, 0.25) is 5.02 Å². The Labute approximate surface area is 102 Å². The summed E-state index contributed by atoms with van der Waals surface area (Å²) in [4.78, 5) is 0. The second-order valence-corrected chi connectivity index (χ2v) is 3.94. The molecule has 0 heterocycles. The van der Waals surface area contributed by atoms with Crippen molar-refractivity contribution in [3.05, 3.63) is 28.8 Å². The number of hydrogen-bond donors (Lipinski definition) is 1. The summed E-state index contributed by atoms with van der Waals surface area (Å²) in [6.07, 6.45) is 0. The van der Waals surface area contributed by atoms with Crippen molar-refractivity contribution < 1.29 is 9.47 Å². The zero-order chi connectivity index (χ0) is 11.8. The summed E-state index contributed by atoms with van der Waals surface area (Å²) in [6.45, 7) is 4.99. The monoisotopic (exact) mass is 243 g/mol. The summed E-state index contributed by atoms with van der Waals surface area (Å²) in [6, 6.07) is 5.66. The SMILES string of the molecule is COCCNCCOc1cc(Cl)ccc1C. The average Bonchev–Trinajstić information content (AvgIpc) is 2.28. The third kappa shape index (κ3) is 4.84. The lowest BCUT2D eigenvalue weighted by Crippen LogP contribution is -2.24. The van der Waals surface area contributed by atoms with E-state index < -0.39 is 0 Å². The summed E-state index contributed by atoms with van der Waals surface area (Å²) in [5.41, 5.74) is 1.10. The quantitative estimate of drug-likeness (QED) is 0.746. The zero-order valence-electron chi connectivity index (χ0n) is 9.75. The molecular formula is C12H18ClNO2. The van der Waals surface area contributed by atoms with Crippen LogP contribution in [0.4, 0.5) is 0 Å². The van der Waals surface area contributed by atoms with Crippen LogP contribution >= 0.6 is 11.6 Å². The van der Waals surface area contributed by atoms with Crippen LogP contribution in [0.3, 0.4) is 0 Å². The number of hydrogen-bond acceptors (Lipinski definition) is 3. The van der Waals surface area contributed by atoms with E-state index in [9.17, 15) is 0 Å². The van der Waals surface area contributed by atoms with Crippen molar-refractivity contribution in [2.45, 2.75) is 6.92 Å². The molecule has 0 radical (unpaired) electrons. The van der Waals surface area contributed by atoms with Gasteiger partial charge in [0, 0.05) is 25.2 Å². The molecule has 16 heavy (non-hydrogen) atoms. The molecule has 0 aliphatic carbocycles. The van der Waals surface area contributed by atoms with E-state index in [1.807, 2.05) is 25.1 Å². The molecule has 0 amide bonds. The highest BCUT2D eigenvalue weighted by Crippen LogP contribution is 2.22. The molecule has 90 valence electrons. The molecule has 0 bridgehead atoms.